The molecule has 3 aromatic carbocycles. The van der Waals surface area contributed by atoms with Crippen LogP contribution >= 0.6 is 15.9 Å². The van der Waals surface area contributed by atoms with Gasteiger partial charge in [-0.1, -0.05) is 66.7 Å². The zero-order chi connectivity index (χ0) is 22.0. The lowest BCUT2D eigenvalue weighted by molar-refractivity contribution is 1.04. The molecule has 0 fully saturated rings. The summed E-state index contributed by atoms with van der Waals surface area (Å²) in [4.78, 5) is 13.3. The van der Waals surface area contributed by atoms with Crippen LogP contribution in [0.4, 0.5) is 29.2 Å². The second kappa shape index (κ2) is 10.8. The van der Waals surface area contributed by atoms with Crippen molar-refractivity contribution in [3.8, 4) is 0 Å². The first kappa shape index (κ1) is 21.2. The normalized spacial score (nSPS) is 11.3. The number of nitrogens with one attached hydrogen (secondary N) is 3. The average molecular weight is 486 g/mol. The summed E-state index contributed by atoms with van der Waals surface area (Å²) in [5.41, 5.74) is 5.67. The smallest absolute Gasteiger partial charge is 0.250 e. The number of allylic oxidation sites excluding steroid dienone is 1. The molecule has 0 saturated heterocycles. The molecule has 32 heavy (non-hydrogen) atoms. The van der Waals surface area contributed by atoms with Crippen molar-refractivity contribution >= 4 is 57.4 Å². The van der Waals surface area contributed by atoms with Crippen molar-refractivity contribution in [2.24, 2.45) is 5.10 Å². The molecule has 0 radical (unpaired) electrons. The van der Waals surface area contributed by atoms with Crippen molar-refractivity contribution in [3.63, 3.8) is 0 Å². The molecule has 0 bridgehead atoms. The summed E-state index contributed by atoms with van der Waals surface area (Å²) in [6, 6.07) is 29.3. The minimum Gasteiger partial charge on any atom is -0.324 e. The van der Waals surface area contributed by atoms with Gasteiger partial charge in [0.2, 0.25) is 17.8 Å². The predicted molar refractivity (Wildman–Crippen MR) is 135 cm³/mol. The van der Waals surface area contributed by atoms with Crippen LogP contribution in [0.25, 0.3) is 6.08 Å². The topological polar surface area (TPSA) is 87.1 Å². The zero-order valence-corrected chi connectivity index (χ0v) is 18.6. The average Bonchev–Trinajstić information content (AvgIpc) is 2.81. The molecular formula is C24H20BrN7. The highest BCUT2D eigenvalue weighted by atomic mass is 79.9. The number of hydrogen-bond donors (Lipinski definition) is 3. The molecule has 4 aromatic rings. The standard InChI is InChI=1S/C24H20BrN7/c25-19(16-18-10-4-1-5-11-18)17-26-32-24-30-22(27-20-12-6-2-7-13-20)29-23(31-24)28-21-14-8-3-9-15-21/h1-17H,(H3,27,28,29,30,31,32). The Labute approximate surface area is 194 Å². The summed E-state index contributed by atoms with van der Waals surface area (Å²) in [6.45, 7) is 0. The minimum atomic E-state index is 0.299. The first-order chi connectivity index (χ1) is 15.7. The fourth-order valence-electron chi connectivity index (χ4n) is 2.74. The van der Waals surface area contributed by atoms with Crippen LogP contribution in [0.1, 0.15) is 5.56 Å². The van der Waals surface area contributed by atoms with Crippen molar-refractivity contribution in [3.05, 3.63) is 101 Å². The Bertz CT molecular complexity index is 1140. The summed E-state index contributed by atoms with van der Waals surface area (Å²) in [7, 11) is 0. The third-order valence-electron chi connectivity index (χ3n) is 4.15. The van der Waals surface area contributed by atoms with Crippen LogP contribution in [-0.2, 0) is 0 Å². The van der Waals surface area contributed by atoms with Gasteiger partial charge in [-0.15, -0.1) is 0 Å². The number of hydrazone groups is 1. The molecule has 0 unspecified atom stereocenters. The van der Waals surface area contributed by atoms with E-state index in [0.29, 0.717) is 17.8 Å². The van der Waals surface area contributed by atoms with E-state index in [2.05, 4.69) is 52.0 Å². The summed E-state index contributed by atoms with van der Waals surface area (Å²) < 4.78 is 0.801. The molecule has 0 aliphatic carbocycles. The second-order valence-electron chi connectivity index (χ2n) is 6.60. The lowest BCUT2D eigenvalue weighted by Crippen LogP contribution is -2.07. The molecule has 4 rings (SSSR count). The summed E-state index contributed by atoms with van der Waals surface area (Å²) >= 11 is 3.50. The van der Waals surface area contributed by atoms with Crippen LogP contribution < -0.4 is 16.1 Å². The van der Waals surface area contributed by atoms with Gasteiger partial charge in [0.1, 0.15) is 0 Å². The van der Waals surface area contributed by atoms with E-state index in [9.17, 15) is 0 Å². The van der Waals surface area contributed by atoms with E-state index >= 15 is 0 Å². The summed E-state index contributed by atoms with van der Waals surface area (Å²) in [6.07, 6.45) is 3.61. The van der Waals surface area contributed by atoms with Gasteiger partial charge in [0.15, 0.2) is 0 Å². The first-order valence-corrected chi connectivity index (χ1v) is 10.7. The Hall–Kier alpha value is -4.04. The summed E-state index contributed by atoms with van der Waals surface area (Å²) in [5.74, 6) is 1.08. The highest BCUT2D eigenvalue weighted by Gasteiger charge is 2.07. The van der Waals surface area contributed by atoms with Gasteiger partial charge >= 0.3 is 0 Å². The molecule has 1 heterocycles. The third kappa shape index (κ3) is 6.48. The highest BCUT2D eigenvalue weighted by Crippen LogP contribution is 2.18. The maximum atomic E-state index is 4.47. The molecular weight excluding hydrogens is 466 g/mol. The molecule has 0 spiro atoms. The van der Waals surface area contributed by atoms with E-state index in [-0.39, 0.29) is 0 Å². The van der Waals surface area contributed by atoms with Crippen LogP contribution in [0.3, 0.4) is 0 Å². The van der Waals surface area contributed by atoms with Gasteiger partial charge in [0.25, 0.3) is 0 Å². The maximum absolute atomic E-state index is 4.47. The molecule has 0 saturated carbocycles. The van der Waals surface area contributed by atoms with Crippen LogP contribution in [0.2, 0.25) is 0 Å². The Morgan fingerprint density at radius 3 is 1.66 bits per heavy atom. The highest BCUT2D eigenvalue weighted by molar-refractivity contribution is 9.12. The monoisotopic (exact) mass is 485 g/mol. The Kier molecular flexibility index (Phi) is 7.18. The van der Waals surface area contributed by atoms with Gasteiger partial charge in [-0.2, -0.15) is 20.1 Å². The number of anilines is 5. The molecule has 0 aliphatic heterocycles. The van der Waals surface area contributed by atoms with E-state index in [1.165, 1.54) is 0 Å². The van der Waals surface area contributed by atoms with Crippen molar-refractivity contribution in [2.45, 2.75) is 0 Å². The van der Waals surface area contributed by atoms with Crippen molar-refractivity contribution < 1.29 is 0 Å². The quantitative estimate of drug-likeness (QED) is 0.203. The largest absolute Gasteiger partial charge is 0.324 e. The fraction of sp³-hybridized carbons (Fsp3) is 0. The van der Waals surface area contributed by atoms with Gasteiger partial charge in [-0.3, -0.25) is 0 Å². The SMILES string of the molecule is BrC(C=NNc1nc(Nc2ccccc2)nc(Nc2ccccc2)n1)=Cc1ccccc1. The number of halogens is 1. The Morgan fingerprint density at radius 2 is 1.12 bits per heavy atom. The number of hydrogen-bond acceptors (Lipinski definition) is 7. The molecule has 7 nitrogen and oxygen atoms in total. The molecule has 0 amide bonds. The van der Waals surface area contributed by atoms with Crippen molar-refractivity contribution in [1.29, 1.82) is 0 Å². The Balaban J connectivity index is 1.53. The van der Waals surface area contributed by atoms with E-state index in [0.717, 1.165) is 21.4 Å². The lowest BCUT2D eigenvalue weighted by Gasteiger charge is -2.10. The molecule has 158 valence electrons. The lowest BCUT2D eigenvalue weighted by atomic mass is 10.2. The van der Waals surface area contributed by atoms with Gasteiger partial charge in [-0.25, -0.2) is 5.43 Å². The van der Waals surface area contributed by atoms with Gasteiger partial charge in [-0.05, 0) is 51.8 Å². The van der Waals surface area contributed by atoms with E-state index in [4.69, 9.17) is 0 Å². The molecule has 0 atom stereocenters. The third-order valence-corrected chi connectivity index (χ3v) is 4.59. The molecule has 0 aliphatic rings. The van der Waals surface area contributed by atoms with E-state index in [1.54, 1.807) is 6.21 Å². The first-order valence-electron chi connectivity index (χ1n) is 9.86. The van der Waals surface area contributed by atoms with Crippen LogP contribution in [0.15, 0.2) is 101 Å². The fourth-order valence-corrected chi connectivity index (χ4v) is 3.10. The van der Waals surface area contributed by atoms with Crippen molar-refractivity contribution in [2.75, 3.05) is 16.1 Å². The summed E-state index contributed by atoms with van der Waals surface area (Å²) in [5, 5.41) is 10.6. The maximum Gasteiger partial charge on any atom is 0.250 e. The van der Waals surface area contributed by atoms with Crippen molar-refractivity contribution in [1.82, 2.24) is 15.0 Å². The number of benzene rings is 3. The van der Waals surface area contributed by atoms with E-state index < -0.39 is 0 Å². The molecule has 1 aromatic heterocycles. The van der Waals surface area contributed by atoms with Crippen LogP contribution in [0, 0.1) is 0 Å². The van der Waals surface area contributed by atoms with Crippen LogP contribution in [0.5, 0.6) is 0 Å². The Morgan fingerprint density at radius 1 is 0.656 bits per heavy atom. The van der Waals surface area contributed by atoms with Gasteiger partial charge in [0, 0.05) is 15.9 Å². The number of rotatable bonds is 8. The predicted octanol–water partition coefficient (Wildman–Crippen LogP) is 6.19. The number of nitrogens with zero attached hydrogens (tertiary/aromatic N) is 4. The van der Waals surface area contributed by atoms with Gasteiger partial charge in [0.05, 0.1) is 6.21 Å². The molecule has 8 heteroatoms. The zero-order valence-electron chi connectivity index (χ0n) is 17.0. The van der Waals surface area contributed by atoms with Crippen LogP contribution in [-0.4, -0.2) is 21.2 Å². The molecule has 3 N–H and O–H groups in total. The van der Waals surface area contributed by atoms with Gasteiger partial charge < -0.3 is 10.6 Å². The minimum absolute atomic E-state index is 0.299. The second-order valence-corrected chi connectivity index (χ2v) is 7.51. The number of para-hydroxylation sites is 2. The number of aromatic nitrogens is 3. The van der Waals surface area contributed by atoms with E-state index in [1.807, 2.05) is 97.1 Å².